The number of amides is 1. The number of carbonyl (C=O) groups excluding carboxylic acids is 2. The molecule has 6 nitrogen and oxygen atoms in total. The number of pyridine rings is 1. The number of ether oxygens (including phenoxy) is 2. The molecule has 1 aromatic heterocycles. The molecule has 0 aliphatic heterocycles. The molecule has 7 heteroatoms. The highest BCUT2D eigenvalue weighted by molar-refractivity contribution is 6.32. The average molecular weight is 363 g/mol. The number of halogens is 1. The van der Waals surface area contributed by atoms with Crippen molar-refractivity contribution in [3.05, 3.63) is 53.3 Å². The molecular formula is C18H19ClN2O4. The normalized spacial score (nSPS) is 12.8. The molecule has 0 saturated carbocycles. The van der Waals surface area contributed by atoms with Gasteiger partial charge >= 0.3 is 5.97 Å². The first-order valence-corrected chi connectivity index (χ1v) is 8.10. The van der Waals surface area contributed by atoms with Crippen LogP contribution in [0.15, 0.2) is 42.6 Å². The zero-order chi connectivity index (χ0) is 18.4. The first kappa shape index (κ1) is 18.7. The van der Waals surface area contributed by atoms with Gasteiger partial charge in [-0.2, -0.15) is 0 Å². The molecule has 1 heterocycles. The van der Waals surface area contributed by atoms with E-state index in [4.69, 9.17) is 21.1 Å². The van der Waals surface area contributed by atoms with Crippen LogP contribution >= 0.6 is 11.6 Å². The minimum Gasteiger partial charge on any atom is -0.479 e. The van der Waals surface area contributed by atoms with Gasteiger partial charge in [0.15, 0.2) is 17.4 Å². The Labute approximate surface area is 151 Å². The van der Waals surface area contributed by atoms with Gasteiger partial charge in [-0.15, -0.1) is 0 Å². The Morgan fingerprint density at radius 3 is 2.60 bits per heavy atom. The minimum atomic E-state index is -1.01. The number of hydrogen-bond acceptors (Lipinski definition) is 5. The van der Waals surface area contributed by atoms with Crippen LogP contribution in [0.25, 0.3) is 0 Å². The molecule has 1 N–H and O–H groups in total. The number of hydrogen-bond donors (Lipinski definition) is 1. The van der Waals surface area contributed by atoms with Gasteiger partial charge in [-0.1, -0.05) is 23.7 Å². The standard InChI is InChI=1S/C18H19ClN2O4/c1-11-6-4-7-14(10-11)24-13(3)18(23)25-12(2)17(22)21-15-8-5-9-20-16(15)19/h4-10,12-13H,1-3H3,(H,21,22)/t12-,13+/m0/s1. The number of anilines is 1. The lowest BCUT2D eigenvalue weighted by Gasteiger charge is -2.18. The van der Waals surface area contributed by atoms with E-state index in [1.54, 1.807) is 25.1 Å². The predicted octanol–water partition coefficient (Wildman–Crippen LogP) is 3.38. The summed E-state index contributed by atoms with van der Waals surface area (Å²) in [5.41, 5.74) is 1.36. The van der Waals surface area contributed by atoms with Gasteiger partial charge in [-0.05, 0) is 50.6 Å². The summed E-state index contributed by atoms with van der Waals surface area (Å²) in [7, 11) is 0. The van der Waals surface area contributed by atoms with Crippen molar-refractivity contribution in [2.75, 3.05) is 5.32 Å². The molecule has 0 fully saturated rings. The summed E-state index contributed by atoms with van der Waals surface area (Å²) in [6.07, 6.45) is -0.350. The number of aryl methyl sites for hydroxylation is 1. The largest absolute Gasteiger partial charge is 0.479 e. The Bertz CT molecular complexity index is 766. The Morgan fingerprint density at radius 1 is 1.16 bits per heavy atom. The zero-order valence-electron chi connectivity index (χ0n) is 14.2. The second kappa shape index (κ2) is 8.48. The molecule has 0 aliphatic carbocycles. The van der Waals surface area contributed by atoms with Crippen molar-refractivity contribution in [1.29, 1.82) is 0 Å². The third-order valence-electron chi connectivity index (χ3n) is 3.31. The molecule has 2 atom stereocenters. The highest BCUT2D eigenvalue weighted by Crippen LogP contribution is 2.18. The minimum absolute atomic E-state index is 0.158. The number of rotatable bonds is 6. The summed E-state index contributed by atoms with van der Waals surface area (Å²) in [5.74, 6) is -0.587. The molecule has 0 radical (unpaired) electrons. The number of benzene rings is 1. The molecule has 2 aromatic rings. The fourth-order valence-electron chi connectivity index (χ4n) is 1.98. The van der Waals surface area contributed by atoms with Crippen LogP contribution in [0.5, 0.6) is 5.75 Å². The predicted molar refractivity (Wildman–Crippen MR) is 94.7 cm³/mol. The number of aromatic nitrogens is 1. The van der Waals surface area contributed by atoms with Crippen molar-refractivity contribution in [3.8, 4) is 5.75 Å². The van der Waals surface area contributed by atoms with Crippen LogP contribution in [0.4, 0.5) is 5.69 Å². The van der Waals surface area contributed by atoms with Crippen molar-refractivity contribution in [2.45, 2.75) is 33.0 Å². The SMILES string of the molecule is Cc1cccc(O[C@H](C)C(=O)O[C@@H](C)C(=O)Nc2cccnc2Cl)c1. The van der Waals surface area contributed by atoms with Crippen molar-refractivity contribution in [2.24, 2.45) is 0 Å². The lowest BCUT2D eigenvalue weighted by Crippen LogP contribution is -2.35. The monoisotopic (exact) mass is 362 g/mol. The summed E-state index contributed by atoms with van der Waals surface area (Å²) in [6.45, 7) is 4.95. The number of carbonyl (C=O) groups is 2. The van der Waals surface area contributed by atoms with Gasteiger partial charge in [-0.25, -0.2) is 9.78 Å². The Hall–Kier alpha value is -2.60. The number of esters is 1. The molecule has 132 valence electrons. The highest BCUT2D eigenvalue weighted by Gasteiger charge is 2.23. The van der Waals surface area contributed by atoms with Crippen LogP contribution in [0.2, 0.25) is 5.15 Å². The first-order valence-electron chi connectivity index (χ1n) is 7.72. The van der Waals surface area contributed by atoms with Gasteiger partial charge in [0.25, 0.3) is 5.91 Å². The Kier molecular flexibility index (Phi) is 6.36. The second-order valence-corrected chi connectivity index (χ2v) is 5.84. The van der Waals surface area contributed by atoms with E-state index >= 15 is 0 Å². The van der Waals surface area contributed by atoms with E-state index in [-0.39, 0.29) is 5.15 Å². The lowest BCUT2D eigenvalue weighted by molar-refractivity contribution is -0.159. The fraction of sp³-hybridized carbons (Fsp3) is 0.278. The maximum absolute atomic E-state index is 12.1. The van der Waals surface area contributed by atoms with Crippen LogP contribution in [0.3, 0.4) is 0 Å². The van der Waals surface area contributed by atoms with E-state index in [9.17, 15) is 9.59 Å². The third-order valence-corrected chi connectivity index (χ3v) is 3.61. The van der Waals surface area contributed by atoms with Gasteiger partial charge in [0.1, 0.15) is 5.75 Å². The van der Waals surface area contributed by atoms with Gasteiger partial charge in [0.2, 0.25) is 0 Å². The molecule has 0 spiro atoms. The highest BCUT2D eigenvalue weighted by atomic mass is 35.5. The van der Waals surface area contributed by atoms with Crippen molar-refractivity contribution >= 4 is 29.2 Å². The fourth-order valence-corrected chi connectivity index (χ4v) is 2.14. The first-order chi connectivity index (χ1) is 11.9. The summed E-state index contributed by atoms with van der Waals surface area (Å²) in [6, 6.07) is 10.5. The maximum Gasteiger partial charge on any atom is 0.347 e. The zero-order valence-corrected chi connectivity index (χ0v) is 14.9. The molecule has 1 aromatic carbocycles. The number of nitrogens with zero attached hydrogens (tertiary/aromatic N) is 1. The molecule has 0 saturated heterocycles. The van der Waals surface area contributed by atoms with E-state index < -0.39 is 24.1 Å². The van der Waals surface area contributed by atoms with Crippen LogP contribution in [0.1, 0.15) is 19.4 Å². The van der Waals surface area contributed by atoms with E-state index in [0.29, 0.717) is 11.4 Å². The number of nitrogens with one attached hydrogen (secondary N) is 1. The van der Waals surface area contributed by atoms with Crippen LogP contribution in [-0.2, 0) is 14.3 Å². The molecule has 0 unspecified atom stereocenters. The smallest absolute Gasteiger partial charge is 0.347 e. The molecule has 2 rings (SSSR count). The van der Waals surface area contributed by atoms with Crippen molar-refractivity contribution in [3.63, 3.8) is 0 Å². The summed E-state index contributed by atoms with van der Waals surface area (Å²) in [4.78, 5) is 28.1. The maximum atomic E-state index is 12.1. The van der Waals surface area contributed by atoms with E-state index in [1.165, 1.54) is 13.1 Å². The topological polar surface area (TPSA) is 77.5 Å². The van der Waals surface area contributed by atoms with E-state index in [1.807, 2.05) is 25.1 Å². The van der Waals surface area contributed by atoms with Gasteiger partial charge < -0.3 is 14.8 Å². The van der Waals surface area contributed by atoms with Gasteiger partial charge in [0.05, 0.1) is 5.69 Å². The second-order valence-electron chi connectivity index (χ2n) is 5.49. The summed E-state index contributed by atoms with van der Waals surface area (Å²) >= 11 is 5.88. The molecular weight excluding hydrogens is 344 g/mol. The molecule has 0 aliphatic rings. The van der Waals surface area contributed by atoms with Gasteiger partial charge in [0, 0.05) is 6.20 Å². The summed E-state index contributed by atoms with van der Waals surface area (Å²) in [5, 5.41) is 2.72. The van der Waals surface area contributed by atoms with Crippen LogP contribution < -0.4 is 10.1 Å². The molecule has 1 amide bonds. The lowest BCUT2D eigenvalue weighted by atomic mass is 10.2. The molecule has 25 heavy (non-hydrogen) atoms. The van der Waals surface area contributed by atoms with E-state index in [2.05, 4.69) is 10.3 Å². The quantitative estimate of drug-likeness (QED) is 0.629. The molecule has 0 bridgehead atoms. The third kappa shape index (κ3) is 5.46. The van der Waals surface area contributed by atoms with Crippen LogP contribution in [0, 0.1) is 6.92 Å². The Balaban J connectivity index is 1.90. The van der Waals surface area contributed by atoms with Gasteiger partial charge in [-0.3, -0.25) is 4.79 Å². The summed E-state index contributed by atoms with van der Waals surface area (Å²) < 4.78 is 10.7. The van der Waals surface area contributed by atoms with E-state index in [0.717, 1.165) is 5.56 Å². The van der Waals surface area contributed by atoms with Crippen molar-refractivity contribution < 1.29 is 19.1 Å². The Morgan fingerprint density at radius 2 is 1.92 bits per heavy atom. The average Bonchev–Trinajstić information content (AvgIpc) is 2.56. The van der Waals surface area contributed by atoms with Crippen molar-refractivity contribution in [1.82, 2.24) is 4.98 Å². The van der Waals surface area contributed by atoms with Crippen LogP contribution in [-0.4, -0.2) is 29.1 Å².